The van der Waals surface area contributed by atoms with Crippen LogP contribution in [0.15, 0.2) is 49.1 Å². The quantitative estimate of drug-likeness (QED) is 0.775. The minimum Gasteiger partial charge on any atom is -0.321 e. The monoisotopic (exact) mass is 316 g/mol. The van der Waals surface area contributed by atoms with Crippen molar-refractivity contribution >= 4 is 23.2 Å². The average Bonchev–Trinajstić information content (AvgIpc) is 2.46. The Balaban J connectivity index is 1.89. The Kier molecular flexibility index (Phi) is 5.76. The number of hydrogen-bond acceptors (Lipinski definition) is 3. The van der Waals surface area contributed by atoms with Crippen molar-refractivity contribution < 1.29 is 23.5 Å². The third-order valence-corrected chi connectivity index (χ3v) is 2.84. The molecule has 7 nitrogen and oxygen atoms in total. The van der Waals surface area contributed by atoms with Crippen molar-refractivity contribution in [3.63, 3.8) is 0 Å². The molecule has 0 atom stereocenters. The summed E-state index contributed by atoms with van der Waals surface area (Å²) in [6.07, 6.45) is 7.28. The lowest BCUT2D eigenvalue weighted by Gasteiger charge is -2.03. The Labute approximate surface area is 134 Å². The lowest BCUT2D eigenvalue weighted by Crippen LogP contribution is -2.40. The lowest BCUT2D eigenvalue weighted by molar-refractivity contribution is -0.788. The Bertz CT molecular complexity index is 644. The molecule has 0 aromatic carbocycles. The fourth-order valence-electron chi connectivity index (χ4n) is 2.01. The van der Waals surface area contributed by atoms with E-state index in [0.717, 1.165) is 0 Å². The van der Waals surface area contributed by atoms with Crippen LogP contribution >= 0.6 is 0 Å². The zero-order chi connectivity index (χ0) is 16.7. The maximum absolute atomic E-state index is 11.0. The number of carbonyl (C=O) groups excluding carboxylic acids is 2. The predicted molar refractivity (Wildman–Crippen MR) is 83.0 cm³/mol. The number of pyridine rings is 2. The van der Waals surface area contributed by atoms with Crippen LogP contribution < -0.4 is 19.8 Å². The van der Waals surface area contributed by atoms with Crippen LogP contribution in [0.3, 0.4) is 0 Å². The molecule has 2 aromatic rings. The summed E-state index contributed by atoms with van der Waals surface area (Å²) >= 11 is 0. The van der Waals surface area contributed by atoms with Gasteiger partial charge in [0.2, 0.25) is 11.8 Å². The molecule has 2 amide bonds. The van der Waals surface area contributed by atoms with Crippen LogP contribution in [0, 0.1) is 0 Å². The van der Waals surface area contributed by atoms with Gasteiger partial charge in [0.1, 0.15) is 11.4 Å². The smallest absolute Gasteiger partial charge is 0.257 e. The third kappa shape index (κ3) is 5.84. The van der Waals surface area contributed by atoms with Crippen LogP contribution in [0.4, 0.5) is 11.4 Å². The van der Waals surface area contributed by atoms with E-state index in [2.05, 4.69) is 10.6 Å². The summed E-state index contributed by atoms with van der Waals surface area (Å²) in [4.78, 5) is 22.1. The molecule has 120 valence electrons. The fourth-order valence-corrected chi connectivity index (χ4v) is 2.01. The molecule has 0 spiro atoms. The number of nitrogens with zero attached hydrogens (tertiary/aromatic N) is 2. The highest BCUT2D eigenvalue weighted by Gasteiger charge is 2.07. The molecule has 0 aliphatic rings. The first kappa shape index (κ1) is 16.6. The topological polar surface area (TPSA) is 75.2 Å². The first-order valence-corrected chi connectivity index (χ1v) is 7.14. The Morgan fingerprint density at radius 2 is 1.35 bits per heavy atom. The Morgan fingerprint density at radius 3 is 1.74 bits per heavy atom. The van der Waals surface area contributed by atoms with Crippen molar-refractivity contribution in [2.45, 2.75) is 27.3 Å². The highest BCUT2D eigenvalue weighted by molar-refractivity contribution is 5.88. The van der Waals surface area contributed by atoms with Crippen molar-refractivity contribution in [2.75, 3.05) is 10.6 Å². The van der Waals surface area contributed by atoms with Gasteiger partial charge in [-0.3, -0.25) is 14.3 Å². The molecule has 2 aromatic heterocycles. The van der Waals surface area contributed by atoms with E-state index in [1.165, 1.54) is 13.8 Å². The second-order valence-corrected chi connectivity index (χ2v) is 5.04. The van der Waals surface area contributed by atoms with Crippen LogP contribution in [0.2, 0.25) is 0 Å². The molecule has 0 aliphatic carbocycles. The minimum atomic E-state index is -0.117. The summed E-state index contributed by atoms with van der Waals surface area (Å²) in [6.45, 7) is 3.61. The molecule has 0 radical (unpaired) electrons. The molecular weight excluding hydrogens is 296 g/mol. The summed E-state index contributed by atoms with van der Waals surface area (Å²) in [7, 11) is 0. The molecule has 7 heteroatoms. The van der Waals surface area contributed by atoms with Gasteiger partial charge in [0.15, 0.2) is 24.8 Å². The van der Waals surface area contributed by atoms with E-state index in [9.17, 15) is 9.59 Å². The highest BCUT2D eigenvalue weighted by Crippen LogP contribution is 2.02. The minimum absolute atomic E-state index is 0.117. The maximum Gasteiger partial charge on any atom is 0.257 e. The maximum atomic E-state index is 11.0. The largest absolute Gasteiger partial charge is 0.321 e. The van der Waals surface area contributed by atoms with E-state index in [4.69, 9.17) is 4.74 Å². The molecule has 0 bridgehead atoms. The van der Waals surface area contributed by atoms with Crippen molar-refractivity contribution in [1.82, 2.24) is 0 Å². The lowest BCUT2D eigenvalue weighted by atomic mass is 10.4. The molecule has 0 unspecified atom stereocenters. The van der Waals surface area contributed by atoms with E-state index >= 15 is 0 Å². The molecule has 2 rings (SSSR count). The van der Waals surface area contributed by atoms with Crippen LogP contribution in [0.5, 0.6) is 0 Å². The van der Waals surface area contributed by atoms with Gasteiger partial charge in [-0.25, -0.2) is 0 Å². The number of ether oxygens (including phenoxy) is 1. The van der Waals surface area contributed by atoms with Gasteiger partial charge in [-0.15, -0.1) is 0 Å². The molecule has 2 heterocycles. The van der Waals surface area contributed by atoms with Gasteiger partial charge < -0.3 is 10.6 Å². The fraction of sp³-hybridized carbons (Fsp3) is 0.250. The van der Waals surface area contributed by atoms with Gasteiger partial charge in [0.05, 0.1) is 0 Å². The average molecular weight is 316 g/mol. The predicted octanol–water partition coefficient (Wildman–Crippen LogP) is 0.810. The molecular formula is C16H20N4O3+2. The summed E-state index contributed by atoms with van der Waals surface area (Å²) < 4.78 is 9.27. The van der Waals surface area contributed by atoms with Crippen molar-refractivity contribution in [1.29, 1.82) is 0 Å². The number of nitrogens with one attached hydrogen (secondary N) is 2. The summed E-state index contributed by atoms with van der Waals surface area (Å²) in [5, 5.41) is 5.44. The second-order valence-electron chi connectivity index (χ2n) is 5.04. The molecule has 0 saturated carbocycles. The van der Waals surface area contributed by atoms with Gasteiger partial charge >= 0.3 is 0 Å². The second kappa shape index (κ2) is 8.00. The molecule has 0 aliphatic heterocycles. The number of anilines is 2. The summed E-state index contributed by atoms with van der Waals surface area (Å²) in [5.74, 6) is -0.233. The van der Waals surface area contributed by atoms with E-state index in [1.807, 2.05) is 45.8 Å². The molecule has 23 heavy (non-hydrogen) atoms. The van der Waals surface area contributed by atoms with Crippen LogP contribution in [0.1, 0.15) is 13.8 Å². The zero-order valence-electron chi connectivity index (χ0n) is 13.2. The van der Waals surface area contributed by atoms with Gasteiger partial charge in [0.25, 0.3) is 13.5 Å². The first-order valence-electron chi connectivity index (χ1n) is 7.14. The van der Waals surface area contributed by atoms with Gasteiger partial charge in [0, 0.05) is 26.0 Å². The molecule has 0 fully saturated rings. The van der Waals surface area contributed by atoms with E-state index < -0.39 is 0 Å². The normalized spacial score (nSPS) is 10.2. The standard InChI is InChI=1S/C16H18N4O3/c1-13(21)17-15-5-3-7-19(9-15)11-23-12-20-8-4-6-16(10-20)18-14(2)22/h3-10H,11-12H2,1-2H3/p+2. The first-order chi connectivity index (χ1) is 11.0. The van der Waals surface area contributed by atoms with Gasteiger partial charge in [-0.1, -0.05) is 0 Å². The summed E-state index contributed by atoms with van der Waals surface area (Å²) in [6, 6.07) is 7.28. The number of carbonyl (C=O) groups is 2. The van der Waals surface area contributed by atoms with Crippen LogP contribution in [-0.2, 0) is 27.8 Å². The SMILES string of the molecule is CC(=O)Nc1ccc[n+](COC[n+]2cccc(NC(C)=O)c2)c1. The van der Waals surface area contributed by atoms with E-state index in [-0.39, 0.29) is 11.8 Å². The number of aromatic nitrogens is 2. The summed E-state index contributed by atoms with van der Waals surface area (Å²) in [5.41, 5.74) is 1.42. The van der Waals surface area contributed by atoms with E-state index in [0.29, 0.717) is 24.8 Å². The molecule has 2 N–H and O–H groups in total. The zero-order valence-corrected chi connectivity index (χ0v) is 13.2. The number of rotatable bonds is 6. The van der Waals surface area contributed by atoms with Crippen molar-refractivity contribution in [3.05, 3.63) is 49.1 Å². The molecule has 0 saturated heterocycles. The third-order valence-electron chi connectivity index (χ3n) is 2.84. The van der Waals surface area contributed by atoms with Crippen LogP contribution in [0.25, 0.3) is 0 Å². The Hall–Kier alpha value is -2.80. The number of hydrogen-bond donors (Lipinski definition) is 2. The highest BCUT2D eigenvalue weighted by atomic mass is 16.5. The van der Waals surface area contributed by atoms with E-state index in [1.54, 1.807) is 12.4 Å². The Morgan fingerprint density at radius 1 is 0.913 bits per heavy atom. The van der Waals surface area contributed by atoms with Gasteiger partial charge in [-0.05, 0) is 12.1 Å². The van der Waals surface area contributed by atoms with Crippen LogP contribution in [-0.4, -0.2) is 11.8 Å². The van der Waals surface area contributed by atoms with Gasteiger partial charge in [-0.2, -0.15) is 9.13 Å². The number of amides is 2. The van der Waals surface area contributed by atoms with Crippen molar-refractivity contribution in [2.24, 2.45) is 0 Å². The van der Waals surface area contributed by atoms with Crippen molar-refractivity contribution in [3.8, 4) is 0 Å².